The SMILES string of the molecule is c1ccc(-c2ccc(-c3cc(-c4cc(-c5ccc6ccccc6c5)cc(-c5ccc6ccccc6c5)c4)nc(-c4cnc[nH]4)n3)cc2)cc1. The van der Waals surface area contributed by atoms with Crippen molar-refractivity contribution in [2.45, 2.75) is 0 Å². The van der Waals surface area contributed by atoms with Crippen LogP contribution in [-0.4, -0.2) is 19.9 Å². The van der Waals surface area contributed by atoms with E-state index in [1.165, 1.54) is 27.1 Å². The van der Waals surface area contributed by atoms with Crippen molar-refractivity contribution < 1.29 is 0 Å². The number of fused-ring (bicyclic) bond motifs is 2. The molecule has 0 aliphatic heterocycles. The van der Waals surface area contributed by atoms with Crippen LogP contribution in [0, 0.1) is 0 Å². The summed E-state index contributed by atoms with van der Waals surface area (Å²) in [6.07, 6.45) is 3.44. The molecule has 0 aliphatic rings. The molecule has 2 aromatic heterocycles. The lowest BCUT2D eigenvalue weighted by Gasteiger charge is -2.14. The molecule has 49 heavy (non-hydrogen) atoms. The second-order valence-electron chi connectivity index (χ2n) is 12.3. The molecule has 0 spiro atoms. The number of aromatic nitrogens is 4. The Balaban J connectivity index is 1.22. The minimum atomic E-state index is 0.598. The van der Waals surface area contributed by atoms with Crippen LogP contribution in [0.2, 0.25) is 0 Å². The monoisotopic (exact) mass is 626 g/mol. The van der Waals surface area contributed by atoms with Crippen LogP contribution < -0.4 is 0 Å². The van der Waals surface area contributed by atoms with Gasteiger partial charge in [0.05, 0.1) is 23.9 Å². The maximum Gasteiger partial charge on any atom is 0.178 e. The van der Waals surface area contributed by atoms with Crippen molar-refractivity contribution in [2.24, 2.45) is 0 Å². The number of rotatable bonds is 6. The van der Waals surface area contributed by atoms with Crippen LogP contribution in [0.1, 0.15) is 0 Å². The Morgan fingerprint density at radius 3 is 1.43 bits per heavy atom. The Morgan fingerprint density at radius 2 is 0.837 bits per heavy atom. The molecule has 7 aromatic carbocycles. The Bertz CT molecular complexity index is 2490. The van der Waals surface area contributed by atoms with Gasteiger partial charge in [-0.1, -0.05) is 127 Å². The van der Waals surface area contributed by atoms with Crippen molar-refractivity contribution in [3.63, 3.8) is 0 Å². The zero-order valence-corrected chi connectivity index (χ0v) is 26.6. The van der Waals surface area contributed by atoms with E-state index in [9.17, 15) is 0 Å². The summed E-state index contributed by atoms with van der Waals surface area (Å²) in [5.74, 6) is 0.598. The van der Waals surface area contributed by atoms with E-state index in [4.69, 9.17) is 9.97 Å². The molecule has 9 aromatic rings. The predicted octanol–water partition coefficient (Wildman–Crippen LogP) is 11.5. The maximum absolute atomic E-state index is 5.12. The lowest BCUT2D eigenvalue weighted by atomic mass is 9.92. The minimum absolute atomic E-state index is 0.598. The first kappa shape index (κ1) is 28.6. The number of benzene rings is 7. The van der Waals surface area contributed by atoms with E-state index in [1.807, 2.05) is 6.07 Å². The summed E-state index contributed by atoms with van der Waals surface area (Å²) >= 11 is 0. The standard InChI is InChI=1S/C45H30N4/c1-2-8-30(9-3-1)33-14-18-34(19-15-33)42-27-43(49-45(48-42)44-28-46-29-47-44)41-25-39(37-20-16-31-10-4-6-12-35(31)22-37)24-40(26-41)38-21-17-32-11-5-7-13-36(32)23-38/h1-29H,(H,46,47). The smallest absolute Gasteiger partial charge is 0.178 e. The summed E-state index contributed by atoms with van der Waals surface area (Å²) in [4.78, 5) is 17.6. The van der Waals surface area contributed by atoms with E-state index in [1.54, 1.807) is 12.5 Å². The Labute approximate surface area is 284 Å². The number of nitrogens with zero attached hydrogens (tertiary/aromatic N) is 3. The molecular formula is C45H30N4. The Kier molecular flexibility index (Phi) is 7.10. The van der Waals surface area contributed by atoms with E-state index >= 15 is 0 Å². The highest BCUT2D eigenvalue weighted by Gasteiger charge is 2.15. The second-order valence-corrected chi connectivity index (χ2v) is 12.3. The highest BCUT2D eigenvalue weighted by Crippen LogP contribution is 2.36. The van der Waals surface area contributed by atoms with Gasteiger partial charge in [-0.15, -0.1) is 0 Å². The summed E-state index contributed by atoms with van der Waals surface area (Å²) in [7, 11) is 0. The van der Waals surface area contributed by atoms with Gasteiger partial charge < -0.3 is 4.98 Å². The van der Waals surface area contributed by atoms with E-state index in [0.717, 1.165) is 56.0 Å². The van der Waals surface area contributed by atoms with Crippen molar-refractivity contribution in [2.75, 3.05) is 0 Å². The lowest BCUT2D eigenvalue weighted by molar-refractivity contribution is 1.16. The largest absolute Gasteiger partial charge is 0.342 e. The molecule has 1 N–H and O–H groups in total. The van der Waals surface area contributed by atoms with E-state index < -0.39 is 0 Å². The van der Waals surface area contributed by atoms with Gasteiger partial charge in [0.15, 0.2) is 5.82 Å². The van der Waals surface area contributed by atoms with Crippen LogP contribution in [0.3, 0.4) is 0 Å². The fourth-order valence-electron chi connectivity index (χ4n) is 6.55. The van der Waals surface area contributed by atoms with Crippen LogP contribution in [0.25, 0.3) is 89.0 Å². The highest BCUT2D eigenvalue weighted by molar-refractivity contribution is 5.92. The van der Waals surface area contributed by atoms with Gasteiger partial charge in [-0.3, -0.25) is 0 Å². The van der Waals surface area contributed by atoms with Gasteiger partial charge in [-0.25, -0.2) is 15.0 Å². The van der Waals surface area contributed by atoms with Gasteiger partial charge in [-0.05, 0) is 91.3 Å². The van der Waals surface area contributed by atoms with Crippen molar-refractivity contribution in [3.05, 3.63) is 176 Å². The number of nitrogens with one attached hydrogen (secondary N) is 1. The molecule has 0 atom stereocenters. The molecule has 9 rings (SSSR count). The van der Waals surface area contributed by atoms with Crippen LogP contribution >= 0.6 is 0 Å². The fraction of sp³-hybridized carbons (Fsp3) is 0. The van der Waals surface area contributed by atoms with Gasteiger partial charge in [0.25, 0.3) is 0 Å². The summed E-state index contributed by atoms with van der Waals surface area (Å²) in [5, 5.41) is 4.87. The van der Waals surface area contributed by atoms with Gasteiger partial charge in [0.1, 0.15) is 5.69 Å². The summed E-state index contributed by atoms with van der Waals surface area (Å²) in [6.45, 7) is 0. The molecule has 0 saturated heterocycles. The van der Waals surface area contributed by atoms with E-state index in [-0.39, 0.29) is 0 Å². The summed E-state index contributed by atoms with van der Waals surface area (Å²) < 4.78 is 0. The van der Waals surface area contributed by atoms with Crippen LogP contribution in [-0.2, 0) is 0 Å². The topological polar surface area (TPSA) is 54.5 Å². The lowest BCUT2D eigenvalue weighted by Crippen LogP contribution is -1.97. The van der Waals surface area contributed by atoms with Crippen LogP contribution in [0.15, 0.2) is 176 Å². The van der Waals surface area contributed by atoms with Crippen molar-refractivity contribution >= 4 is 21.5 Å². The van der Waals surface area contributed by atoms with Gasteiger partial charge in [0, 0.05) is 11.1 Å². The molecule has 2 heterocycles. The van der Waals surface area contributed by atoms with Crippen LogP contribution in [0.5, 0.6) is 0 Å². The first-order valence-electron chi connectivity index (χ1n) is 16.4. The number of aromatic amines is 1. The first-order valence-corrected chi connectivity index (χ1v) is 16.4. The van der Waals surface area contributed by atoms with Gasteiger partial charge >= 0.3 is 0 Å². The molecule has 0 bridgehead atoms. The Hall–Kier alpha value is -6.65. The predicted molar refractivity (Wildman–Crippen MR) is 202 cm³/mol. The molecule has 0 aliphatic carbocycles. The average molecular weight is 627 g/mol. The minimum Gasteiger partial charge on any atom is -0.342 e. The normalized spacial score (nSPS) is 11.3. The van der Waals surface area contributed by atoms with Crippen LogP contribution in [0.4, 0.5) is 0 Å². The summed E-state index contributed by atoms with van der Waals surface area (Å²) in [6, 6.07) is 58.2. The average Bonchev–Trinajstić information content (AvgIpc) is 3.73. The maximum atomic E-state index is 5.12. The number of hydrogen-bond donors (Lipinski definition) is 1. The summed E-state index contributed by atoms with van der Waals surface area (Å²) in [5.41, 5.74) is 11.4. The van der Waals surface area contributed by atoms with Gasteiger partial charge in [-0.2, -0.15) is 0 Å². The molecular weight excluding hydrogens is 597 g/mol. The zero-order valence-electron chi connectivity index (χ0n) is 26.6. The molecule has 0 unspecified atom stereocenters. The molecule has 230 valence electrons. The van der Waals surface area contributed by atoms with Gasteiger partial charge in [0.2, 0.25) is 0 Å². The van der Waals surface area contributed by atoms with Crippen molar-refractivity contribution in [1.29, 1.82) is 0 Å². The van der Waals surface area contributed by atoms with E-state index in [2.05, 4.69) is 168 Å². The fourth-order valence-corrected chi connectivity index (χ4v) is 6.55. The first-order chi connectivity index (χ1) is 24.2. The van der Waals surface area contributed by atoms with E-state index in [0.29, 0.717) is 5.82 Å². The molecule has 0 radical (unpaired) electrons. The second kappa shape index (κ2) is 12.2. The third-order valence-corrected chi connectivity index (χ3v) is 9.15. The molecule has 0 saturated carbocycles. The third kappa shape index (κ3) is 5.66. The van der Waals surface area contributed by atoms with Crippen molar-refractivity contribution in [3.8, 4) is 67.4 Å². The molecule has 4 heteroatoms. The third-order valence-electron chi connectivity index (χ3n) is 9.15. The number of H-pyrrole nitrogens is 1. The highest BCUT2D eigenvalue weighted by atomic mass is 15.0. The van der Waals surface area contributed by atoms with Crippen molar-refractivity contribution in [1.82, 2.24) is 19.9 Å². The quantitative estimate of drug-likeness (QED) is 0.200. The Morgan fingerprint density at radius 1 is 0.347 bits per heavy atom. The molecule has 0 fully saturated rings. The zero-order chi connectivity index (χ0) is 32.6. The number of hydrogen-bond acceptors (Lipinski definition) is 3. The molecule has 4 nitrogen and oxygen atoms in total. The number of imidazole rings is 1. The molecule has 0 amide bonds.